The third-order valence-corrected chi connectivity index (χ3v) is 3.59. The van der Waals surface area contributed by atoms with Gasteiger partial charge >= 0.3 is 6.18 Å². The lowest BCUT2D eigenvalue weighted by molar-refractivity contribution is -0.137. The molecule has 0 aliphatic rings. The van der Waals surface area contributed by atoms with E-state index in [0.29, 0.717) is 16.6 Å². The van der Waals surface area contributed by atoms with Crippen molar-refractivity contribution in [3.05, 3.63) is 71.9 Å². The molecule has 0 aliphatic heterocycles. The summed E-state index contributed by atoms with van der Waals surface area (Å²) in [4.78, 5) is 4.35. The van der Waals surface area contributed by atoms with Crippen molar-refractivity contribution in [2.75, 3.05) is 0 Å². The van der Waals surface area contributed by atoms with Crippen LogP contribution in [0.3, 0.4) is 0 Å². The minimum Gasteiger partial charge on any atom is -0.256 e. The summed E-state index contributed by atoms with van der Waals surface area (Å²) >= 11 is 0. The summed E-state index contributed by atoms with van der Waals surface area (Å²) < 4.78 is 38.9. The highest BCUT2D eigenvalue weighted by atomic mass is 19.4. The molecule has 116 valence electrons. The second kappa shape index (κ2) is 5.88. The molecule has 0 unspecified atom stereocenters. The second-order valence-electron chi connectivity index (χ2n) is 5.22. The molecule has 3 rings (SSSR count). The quantitative estimate of drug-likeness (QED) is 0.569. The summed E-state index contributed by atoms with van der Waals surface area (Å²) in [6.45, 7) is 1.90. The molecule has 0 amide bonds. The van der Waals surface area contributed by atoms with E-state index in [9.17, 15) is 13.2 Å². The molecule has 0 saturated carbocycles. The molecule has 0 bridgehead atoms. The topological polar surface area (TPSA) is 12.9 Å². The van der Waals surface area contributed by atoms with Gasteiger partial charge in [-0.05, 0) is 48.4 Å². The molecule has 0 atom stereocenters. The lowest BCUT2D eigenvalue weighted by Crippen LogP contribution is -2.04. The van der Waals surface area contributed by atoms with E-state index in [-0.39, 0.29) is 0 Å². The summed E-state index contributed by atoms with van der Waals surface area (Å²) in [5.74, 6) is 0. The summed E-state index contributed by atoms with van der Waals surface area (Å²) in [7, 11) is 0. The van der Waals surface area contributed by atoms with Crippen molar-refractivity contribution in [1.29, 1.82) is 0 Å². The van der Waals surface area contributed by atoms with Gasteiger partial charge < -0.3 is 0 Å². The van der Waals surface area contributed by atoms with Crippen molar-refractivity contribution in [2.45, 2.75) is 13.1 Å². The summed E-state index contributed by atoms with van der Waals surface area (Å²) in [5.41, 5.74) is 2.17. The summed E-state index contributed by atoms with van der Waals surface area (Å²) in [5, 5.41) is 0.899. The number of allylic oxidation sites excluding steroid dienone is 1. The highest BCUT2D eigenvalue weighted by Crippen LogP contribution is 2.34. The highest BCUT2D eigenvalue weighted by Gasteiger charge is 2.30. The number of halogens is 3. The first-order valence-electron chi connectivity index (χ1n) is 7.18. The van der Waals surface area contributed by atoms with E-state index in [2.05, 4.69) is 4.98 Å². The molecule has 0 spiro atoms. The zero-order valence-electron chi connectivity index (χ0n) is 12.4. The van der Waals surface area contributed by atoms with Crippen LogP contribution < -0.4 is 0 Å². The molecular weight excluding hydrogens is 299 g/mol. The third kappa shape index (κ3) is 3.11. The molecule has 1 nitrogen and oxygen atoms in total. The Balaban J connectivity index is 2.27. The molecule has 0 radical (unpaired) electrons. The monoisotopic (exact) mass is 313 g/mol. The lowest BCUT2D eigenvalue weighted by atomic mass is 9.97. The zero-order chi connectivity index (χ0) is 16.4. The number of pyridine rings is 1. The van der Waals surface area contributed by atoms with E-state index in [4.69, 9.17) is 0 Å². The van der Waals surface area contributed by atoms with Crippen LogP contribution in [0.5, 0.6) is 0 Å². The van der Waals surface area contributed by atoms with Gasteiger partial charge in [0, 0.05) is 17.1 Å². The van der Waals surface area contributed by atoms with Crippen LogP contribution in [-0.2, 0) is 6.18 Å². The average molecular weight is 313 g/mol. The Kier molecular flexibility index (Phi) is 3.90. The summed E-state index contributed by atoms with van der Waals surface area (Å²) in [6, 6.07) is 12.9. The standard InChI is InChI=1S/C19H14F3N/c1-2-5-13-10-15-7-4-9-23-18(15)17(11-13)14-6-3-8-16(12-14)19(20,21)22/h2-12H,1H3. The van der Waals surface area contributed by atoms with Crippen LogP contribution in [0.4, 0.5) is 13.2 Å². The van der Waals surface area contributed by atoms with Gasteiger partial charge in [0.25, 0.3) is 0 Å². The predicted octanol–water partition coefficient (Wildman–Crippen LogP) is 5.95. The van der Waals surface area contributed by atoms with Crippen molar-refractivity contribution in [3.8, 4) is 11.1 Å². The Morgan fingerprint density at radius 3 is 2.57 bits per heavy atom. The van der Waals surface area contributed by atoms with Gasteiger partial charge in [0.05, 0.1) is 11.1 Å². The maximum absolute atomic E-state index is 13.0. The Bertz CT molecular complexity index is 879. The number of alkyl halides is 3. The molecule has 4 heteroatoms. The van der Waals surface area contributed by atoms with Gasteiger partial charge in [0.2, 0.25) is 0 Å². The van der Waals surface area contributed by atoms with Crippen LogP contribution in [0.25, 0.3) is 28.1 Å². The maximum Gasteiger partial charge on any atom is 0.416 e. The van der Waals surface area contributed by atoms with Crippen LogP contribution >= 0.6 is 0 Å². The van der Waals surface area contributed by atoms with Crippen molar-refractivity contribution < 1.29 is 13.2 Å². The average Bonchev–Trinajstić information content (AvgIpc) is 2.54. The number of benzene rings is 2. The minimum atomic E-state index is -4.36. The molecular formula is C19H14F3N. The van der Waals surface area contributed by atoms with Gasteiger partial charge in [0.1, 0.15) is 0 Å². The van der Waals surface area contributed by atoms with E-state index >= 15 is 0 Å². The number of nitrogens with zero attached hydrogens (tertiary/aromatic N) is 1. The van der Waals surface area contributed by atoms with Gasteiger partial charge in [-0.25, -0.2) is 0 Å². The largest absolute Gasteiger partial charge is 0.416 e. The number of hydrogen-bond donors (Lipinski definition) is 0. The van der Waals surface area contributed by atoms with Crippen molar-refractivity contribution in [1.82, 2.24) is 4.98 Å². The minimum absolute atomic E-state index is 0.509. The van der Waals surface area contributed by atoms with Crippen LogP contribution in [-0.4, -0.2) is 4.98 Å². The normalized spacial score (nSPS) is 12.2. The first kappa shape index (κ1) is 15.3. The predicted molar refractivity (Wildman–Crippen MR) is 86.9 cm³/mol. The fourth-order valence-electron chi connectivity index (χ4n) is 2.59. The van der Waals surface area contributed by atoms with Crippen molar-refractivity contribution in [2.24, 2.45) is 0 Å². The van der Waals surface area contributed by atoms with Gasteiger partial charge in [-0.1, -0.05) is 30.4 Å². The molecule has 1 heterocycles. The van der Waals surface area contributed by atoms with E-state index in [1.807, 2.05) is 43.3 Å². The van der Waals surface area contributed by atoms with Crippen LogP contribution in [0, 0.1) is 0 Å². The molecule has 3 aromatic rings. The first-order chi connectivity index (χ1) is 11.0. The Morgan fingerprint density at radius 1 is 1.00 bits per heavy atom. The van der Waals surface area contributed by atoms with Gasteiger partial charge in [-0.2, -0.15) is 13.2 Å². The number of fused-ring (bicyclic) bond motifs is 1. The Hall–Kier alpha value is -2.62. The maximum atomic E-state index is 13.0. The smallest absolute Gasteiger partial charge is 0.256 e. The van der Waals surface area contributed by atoms with Crippen LogP contribution in [0.15, 0.2) is 60.8 Å². The fourth-order valence-corrected chi connectivity index (χ4v) is 2.59. The lowest BCUT2D eigenvalue weighted by Gasteiger charge is -2.11. The van der Waals surface area contributed by atoms with Crippen LogP contribution in [0.2, 0.25) is 0 Å². The van der Waals surface area contributed by atoms with Crippen LogP contribution in [0.1, 0.15) is 18.1 Å². The van der Waals surface area contributed by atoms with Crippen molar-refractivity contribution >= 4 is 17.0 Å². The fraction of sp³-hybridized carbons (Fsp3) is 0.105. The molecule has 0 N–H and O–H groups in total. The Labute approximate surface area is 132 Å². The SMILES string of the molecule is CC=Cc1cc(-c2cccc(C(F)(F)F)c2)c2ncccc2c1. The number of aromatic nitrogens is 1. The van der Waals surface area contributed by atoms with E-state index in [0.717, 1.165) is 17.0 Å². The van der Waals surface area contributed by atoms with E-state index in [1.165, 1.54) is 12.1 Å². The van der Waals surface area contributed by atoms with Gasteiger partial charge in [0.15, 0.2) is 0 Å². The number of hydrogen-bond acceptors (Lipinski definition) is 1. The number of rotatable bonds is 2. The Morgan fingerprint density at radius 2 is 1.83 bits per heavy atom. The van der Waals surface area contributed by atoms with Gasteiger partial charge in [-0.3, -0.25) is 4.98 Å². The van der Waals surface area contributed by atoms with E-state index < -0.39 is 11.7 Å². The van der Waals surface area contributed by atoms with Gasteiger partial charge in [-0.15, -0.1) is 0 Å². The molecule has 0 aliphatic carbocycles. The second-order valence-corrected chi connectivity index (χ2v) is 5.22. The van der Waals surface area contributed by atoms with Crippen molar-refractivity contribution in [3.63, 3.8) is 0 Å². The third-order valence-electron chi connectivity index (χ3n) is 3.59. The molecule has 0 saturated heterocycles. The highest BCUT2D eigenvalue weighted by molar-refractivity contribution is 5.95. The molecule has 0 fully saturated rings. The zero-order valence-corrected chi connectivity index (χ0v) is 12.4. The molecule has 2 aromatic carbocycles. The van der Waals surface area contributed by atoms with E-state index in [1.54, 1.807) is 12.3 Å². The molecule has 23 heavy (non-hydrogen) atoms. The molecule has 1 aromatic heterocycles. The summed E-state index contributed by atoms with van der Waals surface area (Å²) in [6.07, 6.45) is 1.10. The first-order valence-corrected chi connectivity index (χ1v) is 7.18.